The minimum Gasteiger partial charge on any atom is -0.480 e. The minimum atomic E-state index is -1.01. The van der Waals surface area contributed by atoms with Gasteiger partial charge in [-0.05, 0) is 30.5 Å². The zero-order valence-electron chi connectivity index (χ0n) is 15.3. The normalized spacial score (nSPS) is 10.6. The number of carbonyl (C=O) groups excluding carboxylic acids is 3. The van der Waals surface area contributed by atoms with Gasteiger partial charge in [0.2, 0.25) is 12.3 Å². The molecule has 27 heavy (non-hydrogen) atoms. The molecule has 146 valence electrons. The molecule has 0 saturated carbocycles. The molecule has 0 fully saturated rings. The highest BCUT2D eigenvalue weighted by Gasteiger charge is 2.25. The number of aldehydes is 1. The molecule has 1 unspecified atom stereocenters. The lowest BCUT2D eigenvalue weighted by atomic mass is 10.0. The summed E-state index contributed by atoms with van der Waals surface area (Å²) in [5.41, 5.74) is 2.16. The molecule has 1 atom stereocenters. The van der Waals surface area contributed by atoms with Gasteiger partial charge in [-0.1, -0.05) is 12.1 Å². The van der Waals surface area contributed by atoms with Crippen molar-refractivity contribution in [2.45, 2.75) is 32.4 Å². The first-order valence-electron chi connectivity index (χ1n) is 8.10. The van der Waals surface area contributed by atoms with Crippen molar-refractivity contribution in [2.24, 2.45) is 0 Å². The number of likely N-dealkylation sites (N-methyl/N-ethyl adjacent to an activating group) is 1. The molecule has 0 aliphatic rings. The lowest BCUT2D eigenvalue weighted by Crippen LogP contribution is -2.45. The Bertz CT molecular complexity index is 645. The molecule has 3 N–H and O–H groups in total. The lowest BCUT2D eigenvalue weighted by molar-refractivity contribution is -0.135. The number of benzene rings is 1. The fraction of sp³-hybridized carbons (Fsp3) is 0.412. The summed E-state index contributed by atoms with van der Waals surface area (Å²) < 4.78 is 0. The van der Waals surface area contributed by atoms with Crippen molar-refractivity contribution in [1.82, 2.24) is 10.2 Å². The van der Waals surface area contributed by atoms with E-state index in [9.17, 15) is 19.2 Å². The third-order valence-corrected chi connectivity index (χ3v) is 3.82. The van der Waals surface area contributed by atoms with Gasteiger partial charge in [0.05, 0.1) is 0 Å². The Morgan fingerprint density at radius 2 is 2.00 bits per heavy atom. The van der Waals surface area contributed by atoms with Crippen LogP contribution in [0.3, 0.4) is 0 Å². The number of anilines is 1. The predicted octanol–water partition coefficient (Wildman–Crippen LogP) is 0.543. The summed E-state index contributed by atoms with van der Waals surface area (Å²) in [7, 11) is 5.66. The van der Waals surface area contributed by atoms with Crippen LogP contribution in [-0.4, -0.2) is 61.3 Å². The second kappa shape index (κ2) is 13.7. The molecule has 2 radical (unpaired) electrons. The van der Waals surface area contributed by atoms with Gasteiger partial charge >= 0.3 is 5.97 Å². The van der Waals surface area contributed by atoms with E-state index in [-0.39, 0.29) is 31.8 Å². The van der Waals surface area contributed by atoms with E-state index < -0.39 is 12.0 Å². The first kappa shape index (κ1) is 24.5. The van der Waals surface area contributed by atoms with E-state index in [1.165, 1.54) is 11.9 Å². The number of nitrogens with one attached hydrogen (secondary N) is 2. The molecular formula is C17H24BN3O5S. The number of nitrogens with zero attached hydrogens (tertiary/aromatic N) is 1. The molecule has 0 aliphatic heterocycles. The van der Waals surface area contributed by atoms with E-state index in [1.54, 1.807) is 12.1 Å². The largest absolute Gasteiger partial charge is 0.480 e. The van der Waals surface area contributed by atoms with Gasteiger partial charge in [0.15, 0.2) is 7.12 Å². The Kier molecular flexibility index (Phi) is 12.4. The topological polar surface area (TPSA) is 116 Å². The van der Waals surface area contributed by atoms with Crippen molar-refractivity contribution < 1.29 is 24.3 Å². The van der Waals surface area contributed by atoms with E-state index in [4.69, 9.17) is 5.11 Å². The Morgan fingerprint density at radius 1 is 1.33 bits per heavy atom. The van der Waals surface area contributed by atoms with E-state index in [2.05, 4.69) is 30.2 Å². The van der Waals surface area contributed by atoms with Gasteiger partial charge in [-0.2, -0.15) is 0 Å². The van der Waals surface area contributed by atoms with Gasteiger partial charge in [0, 0.05) is 25.7 Å². The van der Waals surface area contributed by atoms with Gasteiger partial charge in [0.1, 0.15) is 18.9 Å². The standard InChI is InChI=1S/C17H23N3O5.BHS/c1-12-5-3-6-14(19-9-16(23)24)13(12)10-20(11-22)15(7-4-8-21)17(25)18-2;1-2/h3,5-6,8,11,15,19H,4,7,9-10H2,1-2H3,(H,18,25)(H,23,24);2H. The SMILES string of the molecule is CNC(=O)C(CCC=O)N(C=O)Cc1c(C)cccc1NCC(=O)O.[B]S. The molecule has 8 nitrogen and oxygen atoms in total. The summed E-state index contributed by atoms with van der Waals surface area (Å²) in [4.78, 5) is 46.4. The summed E-state index contributed by atoms with van der Waals surface area (Å²) in [5.74, 6) is -1.36. The molecule has 0 aliphatic carbocycles. The van der Waals surface area contributed by atoms with E-state index in [0.29, 0.717) is 18.4 Å². The van der Waals surface area contributed by atoms with Crippen LogP contribution in [0.5, 0.6) is 0 Å². The molecule has 0 heterocycles. The Morgan fingerprint density at radius 3 is 2.52 bits per heavy atom. The number of thiol groups is 1. The molecule has 1 aromatic carbocycles. The maximum atomic E-state index is 12.1. The Balaban J connectivity index is 0.00000326. The van der Waals surface area contributed by atoms with Crippen LogP contribution in [0.1, 0.15) is 24.0 Å². The number of hydrogen-bond acceptors (Lipinski definition) is 6. The summed E-state index contributed by atoms with van der Waals surface area (Å²) >= 11 is 3.03. The molecular weight excluding hydrogens is 369 g/mol. The van der Waals surface area contributed by atoms with Crippen molar-refractivity contribution in [3.8, 4) is 0 Å². The summed E-state index contributed by atoms with van der Waals surface area (Å²) in [6.07, 6.45) is 1.64. The van der Waals surface area contributed by atoms with Crippen LogP contribution in [0.4, 0.5) is 5.69 Å². The number of aryl methyl sites for hydroxylation is 1. The predicted molar refractivity (Wildman–Crippen MR) is 107 cm³/mol. The average molecular weight is 393 g/mol. The van der Waals surface area contributed by atoms with Crippen molar-refractivity contribution >= 4 is 49.9 Å². The number of carbonyl (C=O) groups is 4. The third kappa shape index (κ3) is 8.16. The second-order valence-electron chi connectivity index (χ2n) is 5.50. The first-order valence-corrected chi connectivity index (χ1v) is 8.62. The molecule has 0 bridgehead atoms. The minimum absolute atomic E-state index is 0.120. The molecule has 1 rings (SSSR count). The van der Waals surface area contributed by atoms with Crippen molar-refractivity contribution in [1.29, 1.82) is 0 Å². The molecule has 0 saturated heterocycles. The smallest absolute Gasteiger partial charge is 0.322 e. The van der Waals surface area contributed by atoms with Crippen LogP contribution in [0, 0.1) is 6.92 Å². The van der Waals surface area contributed by atoms with Gasteiger partial charge in [-0.3, -0.25) is 14.4 Å². The van der Waals surface area contributed by atoms with Crippen molar-refractivity contribution in [3.05, 3.63) is 29.3 Å². The fourth-order valence-electron chi connectivity index (χ4n) is 2.49. The number of hydrogen-bond donors (Lipinski definition) is 4. The monoisotopic (exact) mass is 393 g/mol. The maximum absolute atomic E-state index is 12.1. The third-order valence-electron chi connectivity index (χ3n) is 3.82. The van der Waals surface area contributed by atoms with Crippen LogP contribution < -0.4 is 10.6 Å². The molecule has 10 heteroatoms. The fourth-order valence-corrected chi connectivity index (χ4v) is 2.49. The highest BCUT2D eigenvalue weighted by molar-refractivity contribution is 8.03. The number of carboxylic acids is 1. The molecule has 0 spiro atoms. The van der Waals surface area contributed by atoms with E-state index >= 15 is 0 Å². The van der Waals surface area contributed by atoms with Gasteiger partial charge < -0.3 is 25.4 Å². The highest BCUT2D eigenvalue weighted by atomic mass is 32.1. The lowest BCUT2D eigenvalue weighted by Gasteiger charge is -2.28. The highest BCUT2D eigenvalue weighted by Crippen LogP contribution is 2.22. The van der Waals surface area contributed by atoms with Crippen LogP contribution in [0.2, 0.25) is 0 Å². The first-order chi connectivity index (χ1) is 12.9. The summed E-state index contributed by atoms with van der Waals surface area (Å²) in [5, 5.41) is 14.1. The number of carboxylic acid groups (broad SMARTS) is 1. The molecule has 1 aromatic rings. The van der Waals surface area contributed by atoms with E-state index in [1.807, 2.05) is 13.0 Å². The van der Waals surface area contributed by atoms with Crippen molar-refractivity contribution in [3.63, 3.8) is 0 Å². The second-order valence-corrected chi connectivity index (χ2v) is 5.50. The van der Waals surface area contributed by atoms with Crippen LogP contribution in [0.15, 0.2) is 18.2 Å². The number of rotatable bonds is 11. The van der Waals surface area contributed by atoms with E-state index in [0.717, 1.165) is 11.1 Å². The Hall–Kier alpha value is -2.49. The van der Waals surface area contributed by atoms with Gasteiger partial charge in [-0.25, -0.2) is 12.5 Å². The van der Waals surface area contributed by atoms with Crippen LogP contribution in [-0.2, 0) is 25.7 Å². The van der Waals surface area contributed by atoms with Crippen molar-refractivity contribution in [2.75, 3.05) is 18.9 Å². The number of aliphatic carboxylic acids is 1. The average Bonchev–Trinajstić information content (AvgIpc) is 2.68. The van der Waals surface area contributed by atoms with Crippen LogP contribution >= 0.6 is 12.5 Å². The maximum Gasteiger partial charge on any atom is 0.322 e. The molecule has 0 aromatic heterocycles. The summed E-state index contributed by atoms with van der Waals surface area (Å²) in [6.45, 7) is 1.70. The quantitative estimate of drug-likeness (QED) is 0.248. The zero-order valence-corrected chi connectivity index (χ0v) is 16.2. The van der Waals surface area contributed by atoms with Gasteiger partial charge in [-0.15, -0.1) is 0 Å². The Labute approximate surface area is 165 Å². The van der Waals surface area contributed by atoms with Gasteiger partial charge in [0.25, 0.3) is 0 Å². The van der Waals surface area contributed by atoms with Crippen LogP contribution in [0.25, 0.3) is 0 Å². The summed E-state index contributed by atoms with van der Waals surface area (Å²) in [6, 6.07) is 4.55. The number of amides is 2. The molecule has 2 amide bonds. The zero-order chi connectivity index (χ0) is 20.8.